The van der Waals surface area contributed by atoms with Gasteiger partial charge in [0.15, 0.2) is 6.10 Å². The molecule has 0 radical (unpaired) electrons. The molecular weight excluding hydrogens is 599 g/mol. The van der Waals surface area contributed by atoms with Crippen molar-refractivity contribution in [1.82, 2.24) is 0 Å². The van der Waals surface area contributed by atoms with Crippen LogP contribution in [0.2, 0.25) is 0 Å². The highest BCUT2D eigenvalue weighted by Crippen LogP contribution is 2.43. The number of rotatable bonds is 31. The molecule has 3 atom stereocenters. The predicted molar refractivity (Wildman–Crippen MR) is 178 cm³/mol. The maximum Gasteiger partial charge on any atom is 0.472 e. The zero-order chi connectivity index (χ0) is 33.4. The lowest BCUT2D eigenvalue weighted by Gasteiger charge is -2.20. The number of allylic oxidation sites excluding steroid dienone is 6. The zero-order valence-corrected chi connectivity index (χ0v) is 28.7. The van der Waals surface area contributed by atoms with Crippen LogP contribution in [0.25, 0.3) is 0 Å². The van der Waals surface area contributed by atoms with Crippen LogP contribution >= 0.6 is 7.82 Å². The number of hydrogen-bond donors (Lipinski definition) is 3. The lowest BCUT2D eigenvalue weighted by atomic mass is 10.1. The van der Waals surface area contributed by atoms with E-state index in [2.05, 4.69) is 42.7 Å². The van der Waals surface area contributed by atoms with Crippen molar-refractivity contribution in [3.8, 4) is 0 Å². The molecule has 0 aromatic heterocycles. The number of phosphoric ester groups is 1. The van der Waals surface area contributed by atoms with Crippen LogP contribution in [-0.2, 0) is 32.7 Å². The van der Waals surface area contributed by atoms with E-state index >= 15 is 0 Å². The summed E-state index contributed by atoms with van der Waals surface area (Å²) in [6.07, 6.45) is 27.3. The second kappa shape index (κ2) is 30.8. The first-order valence-corrected chi connectivity index (χ1v) is 18.4. The highest BCUT2D eigenvalue weighted by Gasteiger charge is 2.27. The van der Waals surface area contributed by atoms with Crippen LogP contribution in [0.15, 0.2) is 36.5 Å². The summed E-state index contributed by atoms with van der Waals surface area (Å²) in [6.45, 7) is 2.19. The van der Waals surface area contributed by atoms with Crippen molar-refractivity contribution >= 4 is 19.8 Å². The smallest absolute Gasteiger partial charge is 0.462 e. The van der Waals surface area contributed by atoms with E-state index in [1.807, 2.05) is 12.2 Å². The first kappa shape index (κ1) is 43.2. The molecule has 0 aliphatic carbocycles. The Balaban J connectivity index is 4.57. The Morgan fingerprint density at radius 3 is 1.84 bits per heavy atom. The summed E-state index contributed by atoms with van der Waals surface area (Å²) < 4.78 is 32.3. The van der Waals surface area contributed by atoms with Crippen molar-refractivity contribution in [1.29, 1.82) is 0 Å². The van der Waals surface area contributed by atoms with Gasteiger partial charge >= 0.3 is 19.8 Å². The molecule has 0 aliphatic rings. The van der Waals surface area contributed by atoms with Crippen LogP contribution < -0.4 is 0 Å². The van der Waals surface area contributed by atoms with Gasteiger partial charge in [-0.05, 0) is 51.4 Å². The van der Waals surface area contributed by atoms with Crippen molar-refractivity contribution in [2.24, 2.45) is 0 Å². The number of ether oxygens (including phenoxy) is 2. The number of phosphoric acid groups is 1. The minimum Gasteiger partial charge on any atom is -0.462 e. The van der Waals surface area contributed by atoms with Gasteiger partial charge in [-0.3, -0.25) is 18.6 Å². The number of carbonyl (C=O) groups excluding carboxylic acids is 2. The number of hydrogen-bond acceptors (Lipinski definition) is 9. The molecule has 0 fully saturated rings. The molecule has 0 bridgehead atoms. The fourth-order valence-electron chi connectivity index (χ4n) is 4.11. The maximum absolute atomic E-state index is 12.4. The van der Waals surface area contributed by atoms with E-state index in [1.165, 1.54) is 57.8 Å². The quantitative estimate of drug-likeness (QED) is 0.0293. The van der Waals surface area contributed by atoms with Crippen molar-refractivity contribution in [2.45, 2.75) is 142 Å². The van der Waals surface area contributed by atoms with Gasteiger partial charge in [0, 0.05) is 12.8 Å². The highest BCUT2D eigenvalue weighted by molar-refractivity contribution is 7.47. The van der Waals surface area contributed by atoms with Gasteiger partial charge < -0.3 is 24.6 Å². The topological polar surface area (TPSA) is 149 Å². The van der Waals surface area contributed by atoms with Crippen molar-refractivity contribution < 1.29 is 47.8 Å². The molecule has 262 valence electrons. The summed E-state index contributed by atoms with van der Waals surface area (Å²) in [5.74, 6) is -1.05. The van der Waals surface area contributed by atoms with Crippen molar-refractivity contribution in [3.05, 3.63) is 36.5 Å². The van der Waals surface area contributed by atoms with Gasteiger partial charge in [-0.2, -0.15) is 0 Å². The van der Waals surface area contributed by atoms with E-state index in [0.29, 0.717) is 12.8 Å². The summed E-state index contributed by atoms with van der Waals surface area (Å²) in [4.78, 5) is 34.5. The zero-order valence-electron chi connectivity index (χ0n) is 27.8. The van der Waals surface area contributed by atoms with Crippen molar-refractivity contribution in [2.75, 3.05) is 26.4 Å². The van der Waals surface area contributed by atoms with E-state index in [9.17, 15) is 24.2 Å². The largest absolute Gasteiger partial charge is 0.472 e. The van der Waals surface area contributed by atoms with Gasteiger partial charge in [0.1, 0.15) is 12.7 Å². The van der Waals surface area contributed by atoms with Gasteiger partial charge in [0.25, 0.3) is 0 Å². The summed E-state index contributed by atoms with van der Waals surface area (Å²) in [7, 11) is -4.62. The summed E-state index contributed by atoms with van der Waals surface area (Å²) in [6, 6.07) is 0. The molecule has 0 heterocycles. The molecule has 0 amide bonds. The molecule has 11 heteroatoms. The number of carbonyl (C=O) groups is 2. The summed E-state index contributed by atoms with van der Waals surface area (Å²) in [5.41, 5.74) is 0. The van der Waals surface area contributed by atoms with Crippen LogP contribution in [-0.4, -0.2) is 65.7 Å². The molecule has 2 unspecified atom stereocenters. The molecule has 10 nitrogen and oxygen atoms in total. The minimum absolute atomic E-state index is 0.0726. The van der Waals surface area contributed by atoms with E-state index in [4.69, 9.17) is 19.1 Å². The average Bonchev–Trinajstić information content (AvgIpc) is 3.02. The third kappa shape index (κ3) is 30.6. The molecule has 0 saturated carbocycles. The van der Waals surface area contributed by atoms with E-state index in [0.717, 1.165) is 32.1 Å². The Kier molecular flexibility index (Phi) is 29.6. The number of aliphatic hydroxyl groups excluding tert-OH is 2. The Hall–Kier alpha value is -1.81. The average molecular weight is 661 g/mol. The number of unbranched alkanes of at least 4 members (excludes halogenated alkanes) is 11. The van der Waals surface area contributed by atoms with Gasteiger partial charge in [-0.15, -0.1) is 0 Å². The first-order valence-electron chi connectivity index (χ1n) is 16.9. The van der Waals surface area contributed by atoms with E-state index in [1.54, 1.807) is 0 Å². The third-order valence-electron chi connectivity index (χ3n) is 6.78. The SMILES string of the molecule is CCCCCC/C=C/CCCC(=O)OCC(COP(=O)(O)OC[C@@H](O)CO)OC(=O)CC/C=C/C/C=C/CCCCCCCC. The summed E-state index contributed by atoms with van der Waals surface area (Å²) in [5, 5.41) is 18.2. The second-order valence-electron chi connectivity index (χ2n) is 11.2. The molecule has 3 N–H and O–H groups in total. The Labute approximate surface area is 271 Å². The van der Waals surface area contributed by atoms with Crippen LogP contribution in [0, 0.1) is 0 Å². The maximum atomic E-state index is 12.4. The minimum atomic E-state index is -4.62. The number of esters is 2. The molecule has 0 aliphatic heterocycles. The molecular formula is C34H61O10P. The molecule has 0 rings (SSSR count). The van der Waals surface area contributed by atoms with Crippen LogP contribution in [0.1, 0.15) is 129 Å². The van der Waals surface area contributed by atoms with Gasteiger partial charge in [-0.1, -0.05) is 102 Å². The molecule has 0 spiro atoms. The van der Waals surface area contributed by atoms with E-state index < -0.39 is 51.8 Å². The molecule has 0 aromatic carbocycles. The second-order valence-corrected chi connectivity index (χ2v) is 12.6. The number of aliphatic hydroxyl groups is 2. The van der Waals surface area contributed by atoms with Gasteiger partial charge in [-0.25, -0.2) is 4.57 Å². The monoisotopic (exact) mass is 660 g/mol. The predicted octanol–water partition coefficient (Wildman–Crippen LogP) is 7.66. The molecule has 0 aromatic rings. The highest BCUT2D eigenvalue weighted by atomic mass is 31.2. The van der Waals surface area contributed by atoms with Crippen LogP contribution in [0.3, 0.4) is 0 Å². The van der Waals surface area contributed by atoms with Crippen LogP contribution in [0.5, 0.6) is 0 Å². The fourth-order valence-corrected chi connectivity index (χ4v) is 4.90. The fraction of sp³-hybridized carbons (Fsp3) is 0.765. The third-order valence-corrected chi connectivity index (χ3v) is 7.73. The molecule has 45 heavy (non-hydrogen) atoms. The first-order chi connectivity index (χ1) is 21.7. The van der Waals surface area contributed by atoms with Crippen molar-refractivity contribution in [3.63, 3.8) is 0 Å². The lowest BCUT2D eigenvalue weighted by molar-refractivity contribution is -0.161. The Bertz CT molecular complexity index is 858. The van der Waals surface area contributed by atoms with Gasteiger partial charge in [0.2, 0.25) is 0 Å². The molecule has 0 saturated heterocycles. The lowest BCUT2D eigenvalue weighted by Crippen LogP contribution is -2.29. The normalized spacial score (nSPS) is 14.7. The summed E-state index contributed by atoms with van der Waals surface area (Å²) >= 11 is 0. The Morgan fingerprint density at radius 1 is 0.667 bits per heavy atom. The van der Waals surface area contributed by atoms with Gasteiger partial charge in [0.05, 0.1) is 19.8 Å². The standard InChI is InChI=1S/C34H61O10P/c1-3-5-7-9-11-13-14-15-16-18-20-22-24-26-34(38)44-32(30-43-45(39,40)42-28-31(36)27-35)29-41-33(37)25-23-21-19-17-12-10-8-6-4-2/h15-17,19-20,22,31-32,35-36H,3-14,18,21,23-30H2,1-2H3,(H,39,40)/b16-15+,19-17+,22-20+/t31-,32?/m0/s1. The van der Waals surface area contributed by atoms with E-state index in [-0.39, 0.29) is 19.4 Å². The van der Waals surface area contributed by atoms with Crippen LogP contribution in [0.4, 0.5) is 0 Å². The Morgan fingerprint density at radius 2 is 1.20 bits per heavy atom.